The van der Waals surface area contributed by atoms with E-state index in [-0.39, 0.29) is 12.4 Å². The van der Waals surface area contributed by atoms with Crippen LogP contribution in [-0.4, -0.2) is 18.0 Å². The number of rotatable bonds is 2. The third-order valence-electron chi connectivity index (χ3n) is 1.41. The van der Waals surface area contributed by atoms with Crippen molar-refractivity contribution in [1.29, 1.82) is 0 Å². The molecular weight excluding hydrogens is 190 g/mol. The minimum absolute atomic E-state index is 0. The number of nitrogens with zero attached hydrogens (tertiary/aromatic N) is 1. The number of hydrogen-bond acceptors (Lipinski definition) is 1. The van der Waals surface area contributed by atoms with E-state index < -0.39 is 0 Å². The molecule has 0 N–H and O–H groups in total. The van der Waals surface area contributed by atoms with Crippen LogP contribution in [0.25, 0.3) is 0 Å². The first-order valence-corrected chi connectivity index (χ1v) is 4.07. The Labute approximate surface area is 85.9 Å². The van der Waals surface area contributed by atoms with Crippen molar-refractivity contribution in [2.75, 3.05) is 14.1 Å². The average Bonchev–Trinajstić information content (AvgIpc) is 1.85. The summed E-state index contributed by atoms with van der Waals surface area (Å²) in [5.74, 6) is 0. The lowest BCUT2D eigenvalue weighted by atomic mass is 10.2. The van der Waals surface area contributed by atoms with E-state index in [0.717, 1.165) is 6.54 Å². The second-order valence-electron chi connectivity index (χ2n) is 3.26. The Kier molecular flexibility index (Phi) is 4.68. The summed E-state index contributed by atoms with van der Waals surface area (Å²) in [4.78, 5) is 0. The van der Waals surface area contributed by atoms with Crippen LogP contribution < -0.4 is 12.4 Å². The van der Waals surface area contributed by atoms with Crippen molar-refractivity contribution in [1.82, 2.24) is 0 Å². The van der Waals surface area contributed by atoms with E-state index in [1.165, 1.54) is 5.56 Å². The van der Waals surface area contributed by atoms with E-state index >= 15 is 0 Å². The van der Waals surface area contributed by atoms with Crippen LogP contribution in [0, 0.1) is 0 Å². The van der Waals surface area contributed by atoms with Gasteiger partial charge in [0.1, 0.15) is 6.54 Å². The number of quaternary nitrogens is 1. The zero-order valence-corrected chi connectivity index (χ0v) is 9.02. The van der Waals surface area contributed by atoms with Crippen LogP contribution in [0.3, 0.4) is 0 Å². The predicted molar refractivity (Wildman–Crippen MR) is 51.2 cm³/mol. The molecule has 0 aliphatic rings. The van der Waals surface area contributed by atoms with Crippen LogP contribution in [0.2, 0.25) is 0 Å². The lowest BCUT2D eigenvalue weighted by molar-refractivity contribution is -0.761. The minimum Gasteiger partial charge on any atom is -1.00 e. The van der Waals surface area contributed by atoms with E-state index in [1.54, 1.807) is 0 Å². The van der Waals surface area contributed by atoms with Crippen molar-refractivity contribution in [3.8, 4) is 0 Å². The highest BCUT2D eigenvalue weighted by atomic mass is 35.5. The molecule has 3 heteroatoms. The molecule has 1 rings (SSSR count). The molecule has 0 saturated heterocycles. The molecule has 0 aliphatic carbocycles. The summed E-state index contributed by atoms with van der Waals surface area (Å²) in [6, 6.07) is 10.4. The Bertz CT molecular complexity index is 218. The zero-order chi connectivity index (χ0) is 8.32. The molecule has 1 aromatic rings. The molecule has 0 aromatic heterocycles. The van der Waals surface area contributed by atoms with Gasteiger partial charge in [-0.15, -0.1) is 0 Å². The van der Waals surface area contributed by atoms with Gasteiger partial charge in [-0.3, -0.25) is 3.89 Å². The van der Waals surface area contributed by atoms with Gasteiger partial charge >= 0.3 is 0 Å². The quantitative estimate of drug-likeness (QED) is 0.468. The second kappa shape index (κ2) is 4.75. The Hall–Kier alpha value is -0.180. The van der Waals surface area contributed by atoms with E-state index in [1.807, 2.05) is 6.07 Å². The number of thiol groups is 1. The van der Waals surface area contributed by atoms with Crippen molar-refractivity contribution >= 4 is 12.8 Å². The monoisotopic (exact) mass is 203 g/mol. The maximum atomic E-state index is 4.40. The molecule has 0 fully saturated rings. The van der Waals surface area contributed by atoms with Crippen LogP contribution in [0.5, 0.6) is 0 Å². The smallest absolute Gasteiger partial charge is 0.114 e. The van der Waals surface area contributed by atoms with E-state index in [4.69, 9.17) is 0 Å². The Morgan fingerprint density at radius 2 is 1.67 bits per heavy atom. The molecule has 0 bridgehead atoms. The van der Waals surface area contributed by atoms with Crippen LogP contribution in [-0.2, 0) is 6.54 Å². The van der Waals surface area contributed by atoms with Gasteiger partial charge in [-0.25, -0.2) is 0 Å². The topological polar surface area (TPSA) is 0 Å². The van der Waals surface area contributed by atoms with Gasteiger partial charge in [0.15, 0.2) is 0 Å². The average molecular weight is 204 g/mol. The summed E-state index contributed by atoms with van der Waals surface area (Å²) >= 11 is 4.40. The molecule has 0 saturated carbocycles. The molecule has 0 spiro atoms. The van der Waals surface area contributed by atoms with Crippen LogP contribution in [0.1, 0.15) is 5.56 Å². The number of hydrogen-bond donors (Lipinski definition) is 1. The zero-order valence-electron chi connectivity index (χ0n) is 7.37. The van der Waals surface area contributed by atoms with Gasteiger partial charge < -0.3 is 12.4 Å². The fourth-order valence-electron chi connectivity index (χ4n) is 1.03. The first kappa shape index (κ1) is 11.8. The third-order valence-corrected chi connectivity index (χ3v) is 1.55. The van der Waals surface area contributed by atoms with Gasteiger partial charge in [-0.05, 0) is 0 Å². The van der Waals surface area contributed by atoms with Crippen molar-refractivity contribution < 1.29 is 16.3 Å². The molecule has 0 unspecified atom stereocenters. The van der Waals surface area contributed by atoms with Crippen LogP contribution >= 0.6 is 12.8 Å². The van der Waals surface area contributed by atoms with Crippen LogP contribution in [0.15, 0.2) is 30.3 Å². The molecular formula is C9H14ClNS. The number of halogens is 1. The van der Waals surface area contributed by atoms with Gasteiger partial charge in [0.25, 0.3) is 0 Å². The molecule has 12 heavy (non-hydrogen) atoms. The van der Waals surface area contributed by atoms with Crippen molar-refractivity contribution in [3.63, 3.8) is 0 Å². The molecule has 0 atom stereocenters. The summed E-state index contributed by atoms with van der Waals surface area (Å²) in [6.07, 6.45) is 0. The van der Waals surface area contributed by atoms with Crippen LogP contribution in [0.4, 0.5) is 0 Å². The summed E-state index contributed by atoms with van der Waals surface area (Å²) in [5, 5.41) is 0. The van der Waals surface area contributed by atoms with Crippen molar-refractivity contribution in [2.45, 2.75) is 6.54 Å². The van der Waals surface area contributed by atoms with Gasteiger partial charge in [0, 0.05) is 5.56 Å². The standard InChI is InChI=1S/C9H14NS.ClH/c1-10(2,11)8-9-6-4-3-5-7-9;/h3-7,11H,8H2,1-2H3;1H/q+1;/p-1. The number of benzene rings is 1. The summed E-state index contributed by atoms with van der Waals surface area (Å²) in [5.41, 5.74) is 1.33. The lowest BCUT2D eigenvalue weighted by Crippen LogP contribution is -3.00. The first-order chi connectivity index (χ1) is 5.08. The second-order valence-corrected chi connectivity index (χ2v) is 4.35. The molecule has 1 aromatic carbocycles. The minimum atomic E-state index is 0. The lowest BCUT2D eigenvalue weighted by Gasteiger charge is -2.20. The highest BCUT2D eigenvalue weighted by molar-refractivity contribution is 7.74. The predicted octanol–water partition coefficient (Wildman–Crippen LogP) is -0.888. The highest BCUT2D eigenvalue weighted by Crippen LogP contribution is 2.10. The fourth-order valence-corrected chi connectivity index (χ4v) is 1.19. The van der Waals surface area contributed by atoms with Crippen molar-refractivity contribution in [3.05, 3.63) is 35.9 Å². The molecule has 68 valence electrons. The highest BCUT2D eigenvalue weighted by Gasteiger charge is 2.08. The van der Waals surface area contributed by atoms with Gasteiger partial charge in [0.2, 0.25) is 0 Å². The first-order valence-electron chi connectivity index (χ1n) is 3.67. The van der Waals surface area contributed by atoms with Crippen molar-refractivity contribution in [2.24, 2.45) is 0 Å². The van der Waals surface area contributed by atoms with E-state index in [9.17, 15) is 0 Å². The SMILES string of the molecule is C[N+](C)(S)Cc1ccccc1.[Cl-]. The maximum Gasteiger partial charge on any atom is 0.114 e. The van der Waals surface area contributed by atoms with E-state index in [2.05, 4.69) is 51.2 Å². The molecule has 0 aliphatic heterocycles. The largest absolute Gasteiger partial charge is 1.00 e. The maximum absolute atomic E-state index is 4.40. The summed E-state index contributed by atoms with van der Waals surface area (Å²) < 4.78 is 0.685. The summed E-state index contributed by atoms with van der Waals surface area (Å²) in [7, 11) is 4.13. The normalized spacial score (nSPS) is 10.6. The van der Waals surface area contributed by atoms with Gasteiger partial charge in [0.05, 0.1) is 26.9 Å². The summed E-state index contributed by atoms with van der Waals surface area (Å²) in [6.45, 7) is 0.962. The third kappa shape index (κ3) is 4.65. The fraction of sp³-hybridized carbons (Fsp3) is 0.333. The molecule has 1 nitrogen and oxygen atoms in total. The van der Waals surface area contributed by atoms with Gasteiger partial charge in [-0.1, -0.05) is 30.3 Å². The molecule has 0 amide bonds. The van der Waals surface area contributed by atoms with E-state index in [0.29, 0.717) is 3.89 Å². The Morgan fingerprint density at radius 3 is 2.08 bits per heavy atom. The molecule has 0 radical (unpaired) electrons. The Balaban J connectivity index is 0.00000121. The van der Waals surface area contributed by atoms with Gasteiger partial charge in [-0.2, -0.15) is 0 Å². The molecule has 0 heterocycles. The Morgan fingerprint density at radius 1 is 1.17 bits per heavy atom.